The van der Waals surface area contributed by atoms with E-state index in [0.29, 0.717) is 0 Å². The second-order valence-corrected chi connectivity index (χ2v) is 2.94. The average Bonchev–Trinajstić information content (AvgIpc) is 2.47. The van der Waals surface area contributed by atoms with Crippen LogP contribution in [0.5, 0.6) is 0 Å². The monoisotopic (exact) mass is 183 g/mol. The first-order chi connectivity index (χ1) is 6.11. The molecular formula is C8H13N3O2. The van der Waals surface area contributed by atoms with E-state index in [9.17, 15) is 4.79 Å². The Kier molecular flexibility index (Phi) is 2.89. The summed E-state index contributed by atoms with van der Waals surface area (Å²) in [6.07, 6.45) is 2.99. The van der Waals surface area contributed by atoms with E-state index in [-0.39, 0.29) is 12.7 Å². The summed E-state index contributed by atoms with van der Waals surface area (Å²) in [4.78, 5) is 16.3. The summed E-state index contributed by atoms with van der Waals surface area (Å²) in [6, 6.07) is 0. The van der Waals surface area contributed by atoms with E-state index in [2.05, 4.69) is 4.98 Å². The minimum atomic E-state index is -0.346. The number of carbonyl (C=O) groups is 1. The van der Waals surface area contributed by atoms with Gasteiger partial charge in [-0.15, -0.1) is 0 Å². The fourth-order valence-corrected chi connectivity index (χ4v) is 0.788. The maximum absolute atomic E-state index is 11.0. The van der Waals surface area contributed by atoms with Crippen LogP contribution in [0.15, 0.2) is 12.5 Å². The third-order valence-electron chi connectivity index (χ3n) is 1.63. The third-order valence-corrected chi connectivity index (χ3v) is 1.63. The van der Waals surface area contributed by atoms with Crippen molar-refractivity contribution < 1.29 is 9.53 Å². The van der Waals surface area contributed by atoms with Gasteiger partial charge in [0.15, 0.2) is 0 Å². The molecule has 0 radical (unpaired) electrons. The molecule has 0 aliphatic heterocycles. The maximum atomic E-state index is 11.0. The van der Waals surface area contributed by atoms with Gasteiger partial charge >= 0.3 is 6.09 Å². The van der Waals surface area contributed by atoms with Gasteiger partial charge < -0.3 is 14.2 Å². The standard InChI is InChI=1S/C8H13N3O2/c1-10(2)8(12)13-5-7-4-9-6-11(7)3/h4,6H,5H2,1-3H3. The van der Waals surface area contributed by atoms with E-state index in [1.54, 1.807) is 26.6 Å². The Morgan fingerprint density at radius 1 is 1.69 bits per heavy atom. The number of carbonyl (C=O) groups excluding carboxylic acids is 1. The second-order valence-electron chi connectivity index (χ2n) is 2.94. The molecule has 0 fully saturated rings. The molecule has 0 aromatic carbocycles. The smallest absolute Gasteiger partial charge is 0.409 e. The Balaban J connectivity index is 2.44. The molecule has 1 rings (SSSR count). The van der Waals surface area contributed by atoms with Crippen molar-refractivity contribution >= 4 is 6.09 Å². The lowest BCUT2D eigenvalue weighted by Crippen LogP contribution is -2.22. The van der Waals surface area contributed by atoms with Crippen LogP contribution >= 0.6 is 0 Å². The first kappa shape index (κ1) is 9.57. The van der Waals surface area contributed by atoms with E-state index < -0.39 is 0 Å². The summed E-state index contributed by atoms with van der Waals surface area (Å²) in [5.74, 6) is 0. The van der Waals surface area contributed by atoms with Crippen LogP contribution in [0.25, 0.3) is 0 Å². The SMILES string of the molecule is CN(C)C(=O)OCc1cncn1C. The number of nitrogens with zero attached hydrogens (tertiary/aromatic N) is 3. The highest BCUT2D eigenvalue weighted by Crippen LogP contribution is 1.99. The minimum absolute atomic E-state index is 0.257. The lowest BCUT2D eigenvalue weighted by molar-refractivity contribution is 0.110. The number of hydrogen-bond donors (Lipinski definition) is 0. The number of hydrogen-bond acceptors (Lipinski definition) is 3. The highest BCUT2D eigenvalue weighted by molar-refractivity contribution is 5.66. The molecule has 0 saturated carbocycles. The molecular weight excluding hydrogens is 170 g/mol. The van der Waals surface area contributed by atoms with Crippen molar-refractivity contribution in [2.45, 2.75) is 6.61 Å². The lowest BCUT2D eigenvalue weighted by Gasteiger charge is -2.10. The van der Waals surface area contributed by atoms with Gasteiger partial charge in [0, 0.05) is 21.1 Å². The minimum Gasteiger partial charge on any atom is -0.443 e. The molecule has 1 aromatic heterocycles. The zero-order chi connectivity index (χ0) is 9.84. The molecule has 0 unspecified atom stereocenters. The van der Waals surface area contributed by atoms with Gasteiger partial charge in [-0.3, -0.25) is 0 Å². The highest BCUT2D eigenvalue weighted by atomic mass is 16.6. The predicted octanol–water partition coefficient (Wildman–Crippen LogP) is 0.618. The Bertz CT molecular complexity index is 293. The number of aryl methyl sites for hydroxylation is 1. The van der Waals surface area contributed by atoms with E-state index in [1.807, 2.05) is 11.6 Å². The molecule has 72 valence electrons. The van der Waals surface area contributed by atoms with Crippen LogP contribution in [-0.2, 0) is 18.4 Å². The van der Waals surface area contributed by atoms with Gasteiger partial charge in [-0.25, -0.2) is 9.78 Å². The fourth-order valence-electron chi connectivity index (χ4n) is 0.788. The number of aromatic nitrogens is 2. The molecule has 1 aromatic rings. The Morgan fingerprint density at radius 3 is 2.85 bits per heavy atom. The van der Waals surface area contributed by atoms with Crippen molar-refractivity contribution in [1.82, 2.24) is 14.5 Å². The van der Waals surface area contributed by atoms with Gasteiger partial charge in [0.1, 0.15) is 6.61 Å². The van der Waals surface area contributed by atoms with Crippen molar-refractivity contribution in [2.24, 2.45) is 7.05 Å². The molecule has 1 amide bonds. The lowest BCUT2D eigenvalue weighted by atomic mass is 10.5. The van der Waals surface area contributed by atoms with Crippen molar-refractivity contribution in [3.05, 3.63) is 18.2 Å². The van der Waals surface area contributed by atoms with E-state index >= 15 is 0 Å². The molecule has 0 atom stereocenters. The third kappa shape index (κ3) is 2.47. The molecule has 5 heteroatoms. The largest absolute Gasteiger partial charge is 0.443 e. The highest BCUT2D eigenvalue weighted by Gasteiger charge is 2.06. The topological polar surface area (TPSA) is 47.4 Å². The Labute approximate surface area is 76.9 Å². The first-order valence-corrected chi connectivity index (χ1v) is 3.90. The van der Waals surface area contributed by atoms with E-state index in [0.717, 1.165) is 5.69 Å². The zero-order valence-electron chi connectivity index (χ0n) is 8.02. The van der Waals surface area contributed by atoms with Gasteiger partial charge in [0.05, 0.1) is 18.2 Å². The predicted molar refractivity (Wildman–Crippen MR) is 47.1 cm³/mol. The van der Waals surface area contributed by atoms with Gasteiger partial charge in [-0.1, -0.05) is 0 Å². The van der Waals surface area contributed by atoms with Gasteiger partial charge in [-0.2, -0.15) is 0 Å². The van der Waals surface area contributed by atoms with Crippen molar-refractivity contribution in [1.29, 1.82) is 0 Å². The summed E-state index contributed by atoms with van der Waals surface area (Å²) in [5, 5.41) is 0. The van der Waals surface area contributed by atoms with Crippen LogP contribution < -0.4 is 0 Å². The Morgan fingerprint density at radius 2 is 2.38 bits per heavy atom. The molecule has 0 saturated heterocycles. The van der Waals surface area contributed by atoms with Crippen LogP contribution in [0.1, 0.15) is 5.69 Å². The molecule has 0 aliphatic carbocycles. The van der Waals surface area contributed by atoms with E-state index in [1.165, 1.54) is 4.90 Å². The maximum Gasteiger partial charge on any atom is 0.409 e. The summed E-state index contributed by atoms with van der Waals surface area (Å²) in [6.45, 7) is 0.257. The zero-order valence-corrected chi connectivity index (χ0v) is 8.02. The fraction of sp³-hybridized carbons (Fsp3) is 0.500. The molecule has 0 N–H and O–H groups in total. The van der Waals surface area contributed by atoms with Gasteiger partial charge in [-0.05, 0) is 0 Å². The number of amides is 1. The summed E-state index contributed by atoms with van der Waals surface area (Å²) >= 11 is 0. The van der Waals surface area contributed by atoms with Crippen molar-refractivity contribution in [2.75, 3.05) is 14.1 Å². The van der Waals surface area contributed by atoms with Crippen molar-refractivity contribution in [3.8, 4) is 0 Å². The molecule has 1 heterocycles. The number of imidazole rings is 1. The van der Waals surface area contributed by atoms with Crippen LogP contribution in [-0.4, -0.2) is 34.6 Å². The van der Waals surface area contributed by atoms with Crippen LogP contribution in [0.2, 0.25) is 0 Å². The molecule has 0 spiro atoms. The van der Waals surface area contributed by atoms with Crippen LogP contribution in [0.3, 0.4) is 0 Å². The molecule has 5 nitrogen and oxygen atoms in total. The van der Waals surface area contributed by atoms with Crippen molar-refractivity contribution in [3.63, 3.8) is 0 Å². The van der Waals surface area contributed by atoms with Gasteiger partial charge in [0.25, 0.3) is 0 Å². The normalized spacial score (nSPS) is 9.77. The van der Waals surface area contributed by atoms with E-state index in [4.69, 9.17) is 4.74 Å². The Hall–Kier alpha value is -1.52. The second kappa shape index (κ2) is 3.93. The summed E-state index contributed by atoms with van der Waals surface area (Å²) in [5.41, 5.74) is 0.871. The molecule has 0 aliphatic rings. The van der Waals surface area contributed by atoms with Crippen LogP contribution in [0, 0.1) is 0 Å². The quantitative estimate of drug-likeness (QED) is 0.675. The molecule has 13 heavy (non-hydrogen) atoms. The summed E-state index contributed by atoms with van der Waals surface area (Å²) in [7, 11) is 5.14. The van der Waals surface area contributed by atoms with Gasteiger partial charge in [0.2, 0.25) is 0 Å². The molecule has 0 bridgehead atoms. The number of rotatable bonds is 2. The van der Waals surface area contributed by atoms with Crippen LogP contribution in [0.4, 0.5) is 4.79 Å². The summed E-state index contributed by atoms with van der Waals surface area (Å²) < 4.78 is 6.76. The first-order valence-electron chi connectivity index (χ1n) is 3.90. The average molecular weight is 183 g/mol. The number of ether oxygens (including phenoxy) is 1.